The van der Waals surface area contributed by atoms with Gasteiger partial charge in [0.15, 0.2) is 0 Å². The monoisotopic (exact) mass is 313 g/mol. The van der Waals surface area contributed by atoms with Crippen LogP contribution in [0.25, 0.3) is 11.0 Å². The van der Waals surface area contributed by atoms with Crippen molar-refractivity contribution in [3.05, 3.63) is 46.4 Å². The number of aryl methyl sites for hydroxylation is 1. The number of hydrogen-bond acceptors (Lipinski definition) is 2. The summed E-state index contributed by atoms with van der Waals surface area (Å²) in [7, 11) is 1.73. The van der Waals surface area contributed by atoms with Crippen LogP contribution in [0.1, 0.15) is 32.1 Å². The number of benzene rings is 1. The molecule has 23 heavy (non-hydrogen) atoms. The number of aromatic nitrogens is 2. The molecule has 5 nitrogen and oxygen atoms in total. The van der Waals surface area contributed by atoms with Crippen molar-refractivity contribution in [3.63, 3.8) is 0 Å². The number of amides is 1. The first kappa shape index (κ1) is 15.6. The molecule has 0 aliphatic heterocycles. The maximum Gasteiger partial charge on any atom is 0.329 e. The fourth-order valence-corrected chi connectivity index (χ4v) is 3.21. The van der Waals surface area contributed by atoms with Gasteiger partial charge >= 0.3 is 5.69 Å². The lowest BCUT2D eigenvalue weighted by atomic mass is 9.97. The fraction of sp³-hybridized carbons (Fsp3) is 0.444. The number of carbonyl (C=O) groups excluding carboxylic acids is 1. The summed E-state index contributed by atoms with van der Waals surface area (Å²) in [6.45, 7) is 0.712. The van der Waals surface area contributed by atoms with Crippen molar-refractivity contribution in [2.75, 3.05) is 6.54 Å². The van der Waals surface area contributed by atoms with Crippen molar-refractivity contribution in [2.45, 2.75) is 38.6 Å². The van der Waals surface area contributed by atoms with Crippen LogP contribution in [0, 0.1) is 0 Å². The van der Waals surface area contributed by atoms with Gasteiger partial charge in [0.1, 0.15) is 6.54 Å². The van der Waals surface area contributed by atoms with Crippen LogP contribution in [0.15, 0.2) is 40.7 Å². The normalized spacial score (nSPS) is 14.7. The SMILES string of the molecule is Cn1c(=O)n(CC(=O)NCCC2=CCCCC2)c2ccccc21. The molecule has 1 aromatic carbocycles. The van der Waals surface area contributed by atoms with Crippen molar-refractivity contribution in [3.8, 4) is 0 Å². The Hall–Kier alpha value is -2.30. The number of allylic oxidation sites excluding steroid dienone is 1. The highest BCUT2D eigenvalue weighted by Crippen LogP contribution is 2.19. The molecule has 122 valence electrons. The zero-order valence-electron chi connectivity index (χ0n) is 13.5. The van der Waals surface area contributed by atoms with Crippen LogP contribution in [0.2, 0.25) is 0 Å². The highest BCUT2D eigenvalue weighted by molar-refractivity contribution is 5.80. The Morgan fingerprint density at radius 3 is 2.74 bits per heavy atom. The molecule has 1 aliphatic carbocycles. The predicted octanol–water partition coefficient (Wildman–Crippen LogP) is 2.35. The third-order valence-corrected chi connectivity index (χ3v) is 4.51. The minimum Gasteiger partial charge on any atom is -0.354 e. The summed E-state index contributed by atoms with van der Waals surface area (Å²) in [5.41, 5.74) is 2.93. The second-order valence-electron chi connectivity index (χ2n) is 6.12. The Balaban J connectivity index is 1.63. The Morgan fingerprint density at radius 2 is 2.00 bits per heavy atom. The molecule has 0 unspecified atom stereocenters. The number of rotatable bonds is 5. The summed E-state index contributed by atoms with van der Waals surface area (Å²) >= 11 is 0. The van der Waals surface area contributed by atoms with Gasteiger partial charge in [-0.3, -0.25) is 13.9 Å². The van der Waals surface area contributed by atoms with E-state index in [9.17, 15) is 9.59 Å². The molecule has 5 heteroatoms. The lowest BCUT2D eigenvalue weighted by Gasteiger charge is -2.13. The predicted molar refractivity (Wildman–Crippen MR) is 91.4 cm³/mol. The highest BCUT2D eigenvalue weighted by Gasteiger charge is 2.13. The van der Waals surface area contributed by atoms with Gasteiger partial charge in [0.05, 0.1) is 11.0 Å². The Bertz CT molecular complexity index is 798. The van der Waals surface area contributed by atoms with Crippen molar-refractivity contribution < 1.29 is 4.79 Å². The minimum absolute atomic E-state index is 0.0687. The first-order valence-electron chi connectivity index (χ1n) is 8.25. The van der Waals surface area contributed by atoms with E-state index in [2.05, 4.69) is 11.4 Å². The van der Waals surface area contributed by atoms with Crippen LogP contribution < -0.4 is 11.0 Å². The fourth-order valence-electron chi connectivity index (χ4n) is 3.21. The van der Waals surface area contributed by atoms with Crippen LogP contribution in [0.4, 0.5) is 0 Å². The van der Waals surface area contributed by atoms with E-state index in [1.165, 1.54) is 23.0 Å². The van der Waals surface area contributed by atoms with E-state index in [0.29, 0.717) is 6.54 Å². The molecule has 0 bridgehead atoms. The lowest BCUT2D eigenvalue weighted by Crippen LogP contribution is -2.33. The maximum atomic E-state index is 12.3. The topological polar surface area (TPSA) is 56.0 Å². The van der Waals surface area contributed by atoms with Crippen LogP contribution in [-0.2, 0) is 18.4 Å². The number of nitrogens with zero attached hydrogens (tertiary/aromatic N) is 2. The van der Waals surface area contributed by atoms with Crippen molar-refractivity contribution in [1.82, 2.24) is 14.5 Å². The molecule has 0 spiro atoms. The van der Waals surface area contributed by atoms with E-state index >= 15 is 0 Å². The van der Waals surface area contributed by atoms with Gasteiger partial charge < -0.3 is 5.32 Å². The Labute approximate surface area is 135 Å². The molecule has 2 aromatic rings. The third kappa shape index (κ3) is 3.38. The molecular formula is C18H23N3O2. The third-order valence-electron chi connectivity index (χ3n) is 4.51. The zero-order chi connectivity index (χ0) is 16.2. The second kappa shape index (κ2) is 6.86. The van der Waals surface area contributed by atoms with E-state index in [0.717, 1.165) is 30.3 Å². The Morgan fingerprint density at radius 1 is 1.22 bits per heavy atom. The molecule has 1 amide bonds. The smallest absolute Gasteiger partial charge is 0.329 e. The summed E-state index contributed by atoms with van der Waals surface area (Å²) < 4.78 is 3.11. The summed E-state index contributed by atoms with van der Waals surface area (Å²) in [5.74, 6) is -0.111. The number of para-hydroxylation sites is 2. The maximum absolute atomic E-state index is 12.3. The van der Waals surface area contributed by atoms with Gasteiger partial charge in [-0.15, -0.1) is 0 Å². The van der Waals surface area contributed by atoms with Gasteiger partial charge in [-0.2, -0.15) is 0 Å². The van der Waals surface area contributed by atoms with Gasteiger partial charge in [0, 0.05) is 13.6 Å². The average Bonchev–Trinajstić information content (AvgIpc) is 2.81. The zero-order valence-corrected chi connectivity index (χ0v) is 13.5. The number of imidazole rings is 1. The average molecular weight is 313 g/mol. The molecule has 1 aromatic heterocycles. The molecule has 1 heterocycles. The second-order valence-corrected chi connectivity index (χ2v) is 6.12. The van der Waals surface area contributed by atoms with Gasteiger partial charge in [-0.1, -0.05) is 23.8 Å². The summed E-state index contributed by atoms with van der Waals surface area (Å²) in [6.07, 6.45) is 8.05. The van der Waals surface area contributed by atoms with Gasteiger partial charge in [-0.25, -0.2) is 4.79 Å². The number of nitrogens with one attached hydrogen (secondary N) is 1. The Kier molecular flexibility index (Phi) is 4.65. The van der Waals surface area contributed by atoms with E-state index in [4.69, 9.17) is 0 Å². The largest absolute Gasteiger partial charge is 0.354 e. The van der Waals surface area contributed by atoms with Crippen LogP contribution in [0.5, 0.6) is 0 Å². The summed E-state index contributed by atoms with van der Waals surface area (Å²) in [6, 6.07) is 7.54. The molecular weight excluding hydrogens is 290 g/mol. The standard InChI is InChI=1S/C18H23N3O2/c1-20-15-9-5-6-10-16(15)21(18(20)23)13-17(22)19-12-11-14-7-3-2-4-8-14/h5-7,9-10H,2-4,8,11-13H2,1H3,(H,19,22). The van der Waals surface area contributed by atoms with Gasteiger partial charge in [-0.05, 0) is 44.2 Å². The molecule has 0 atom stereocenters. The minimum atomic E-state index is -0.156. The van der Waals surface area contributed by atoms with E-state index in [1.54, 1.807) is 11.6 Å². The van der Waals surface area contributed by atoms with Crippen LogP contribution in [-0.4, -0.2) is 21.6 Å². The van der Waals surface area contributed by atoms with E-state index < -0.39 is 0 Å². The molecule has 0 fully saturated rings. The first-order chi connectivity index (χ1) is 11.2. The molecule has 0 saturated carbocycles. The van der Waals surface area contributed by atoms with E-state index in [1.807, 2.05) is 24.3 Å². The van der Waals surface area contributed by atoms with Gasteiger partial charge in [0.25, 0.3) is 0 Å². The van der Waals surface area contributed by atoms with Crippen molar-refractivity contribution in [1.29, 1.82) is 0 Å². The highest BCUT2D eigenvalue weighted by atomic mass is 16.2. The van der Waals surface area contributed by atoms with Crippen LogP contribution >= 0.6 is 0 Å². The number of hydrogen-bond donors (Lipinski definition) is 1. The number of fused-ring (bicyclic) bond motifs is 1. The summed E-state index contributed by atoms with van der Waals surface area (Å²) in [5, 5.41) is 2.93. The molecule has 0 radical (unpaired) electrons. The van der Waals surface area contributed by atoms with Crippen molar-refractivity contribution >= 4 is 16.9 Å². The molecule has 3 rings (SSSR count). The van der Waals surface area contributed by atoms with Gasteiger partial charge in [0.2, 0.25) is 5.91 Å². The summed E-state index contributed by atoms with van der Waals surface area (Å²) in [4.78, 5) is 24.4. The lowest BCUT2D eigenvalue weighted by molar-refractivity contribution is -0.121. The molecule has 1 aliphatic rings. The molecule has 0 saturated heterocycles. The first-order valence-corrected chi connectivity index (χ1v) is 8.25. The van der Waals surface area contributed by atoms with Crippen molar-refractivity contribution in [2.24, 2.45) is 7.05 Å². The number of carbonyl (C=O) groups is 1. The van der Waals surface area contributed by atoms with E-state index in [-0.39, 0.29) is 18.1 Å². The molecule has 1 N–H and O–H groups in total. The quantitative estimate of drug-likeness (QED) is 0.862. The van der Waals surface area contributed by atoms with Crippen LogP contribution in [0.3, 0.4) is 0 Å².